The van der Waals surface area contributed by atoms with Gasteiger partial charge in [0.15, 0.2) is 6.10 Å². The molecule has 0 aliphatic heterocycles. The number of carbonyl (C=O) groups is 1. The number of hydrogen-bond acceptors (Lipinski definition) is 2. The fourth-order valence-corrected chi connectivity index (χ4v) is 0.833. The highest BCUT2D eigenvalue weighted by Gasteiger charge is 2.08. The summed E-state index contributed by atoms with van der Waals surface area (Å²) in [4.78, 5) is 10.2. The molecule has 0 aromatic rings. The van der Waals surface area contributed by atoms with Crippen LogP contribution in [0.2, 0.25) is 0 Å². The Morgan fingerprint density at radius 3 is 2.75 bits per heavy atom. The van der Waals surface area contributed by atoms with Gasteiger partial charge in [-0.3, -0.25) is 0 Å². The predicted octanol–water partition coefficient (Wildman–Crippen LogP) is 2.26. The molecule has 3 nitrogen and oxygen atoms in total. The van der Waals surface area contributed by atoms with Crippen molar-refractivity contribution in [3.05, 3.63) is 0 Å². The molecule has 3 heteroatoms. The summed E-state index contributed by atoms with van der Waals surface area (Å²) in [5.41, 5.74) is 0. The molecule has 68 valence electrons. The molecular formula is C9H14O3. The molecule has 1 N–H and O–H groups in total. The molecule has 0 aromatic heterocycles. The summed E-state index contributed by atoms with van der Waals surface area (Å²) in [6.45, 7) is 3.71. The van der Waals surface area contributed by atoms with Crippen LogP contribution in [0.25, 0.3) is 0 Å². The minimum atomic E-state index is -1.25. The van der Waals surface area contributed by atoms with Gasteiger partial charge in [-0.1, -0.05) is 19.3 Å². The molecule has 0 heterocycles. The van der Waals surface area contributed by atoms with Crippen molar-refractivity contribution >= 4 is 6.16 Å². The lowest BCUT2D eigenvalue weighted by molar-refractivity contribution is 0.0688. The third-order valence-corrected chi connectivity index (χ3v) is 1.37. The molecule has 0 spiro atoms. The Balaban J connectivity index is 3.83. The van der Waals surface area contributed by atoms with Crippen molar-refractivity contribution < 1.29 is 14.6 Å². The Bertz CT molecular complexity index is 188. The van der Waals surface area contributed by atoms with E-state index in [0.29, 0.717) is 6.42 Å². The van der Waals surface area contributed by atoms with Gasteiger partial charge in [-0.2, -0.15) is 0 Å². The minimum Gasteiger partial charge on any atom is -0.450 e. The van der Waals surface area contributed by atoms with Crippen molar-refractivity contribution in [1.29, 1.82) is 0 Å². The predicted molar refractivity (Wildman–Crippen MR) is 45.9 cm³/mol. The van der Waals surface area contributed by atoms with Gasteiger partial charge in [-0.15, -0.1) is 5.92 Å². The summed E-state index contributed by atoms with van der Waals surface area (Å²) in [6.07, 6.45) is 0.938. The number of carboxylic acid groups (broad SMARTS) is 1. The molecule has 1 atom stereocenters. The Kier molecular flexibility index (Phi) is 5.90. The van der Waals surface area contributed by atoms with Crippen LogP contribution in [0.3, 0.4) is 0 Å². The van der Waals surface area contributed by atoms with E-state index in [2.05, 4.69) is 16.6 Å². The summed E-state index contributed by atoms with van der Waals surface area (Å²) >= 11 is 0. The second-order valence-electron chi connectivity index (χ2n) is 2.41. The van der Waals surface area contributed by atoms with Crippen LogP contribution in [0.4, 0.5) is 4.79 Å². The molecule has 0 aliphatic rings. The van der Waals surface area contributed by atoms with Gasteiger partial charge in [0.1, 0.15) is 0 Å². The first-order valence-electron chi connectivity index (χ1n) is 4.02. The van der Waals surface area contributed by atoms with Crippen LogP contribution in [-0.2, 0) is 4.74 Å². The molecule has 0 saturated carbocycles. The van der Waals surface area contributed by atoms with Crippen molar-refractivity contribution in [3.63, 3.8) is 0 Å². The van der Waals surface area contributed by atoms with E-state index in [1.54, 1.807) is 6.92 Å². The number of hydrogen-bond donors (Lipinski definition) is 1. The van der Waals surface area contributed by atoms with Gasteiger partial charge in [0.2, 0.25) is 0 Å². The summed E-state index contributed by atoms with van der Waals surface area (Å²) in [5, 5.41) is 8.32. The zero-order chi connectivity index (χ0) is 9.40. The maximum absolute atomic E-state index is 10.2. The van der Waals surface area contributed by atoms with Crippen LogP contribution in [0.5, 0.6) is 0 Å². The molecule has 0 fully saturated rings. The van der Waals surface area contributed by atoms with Crippen LogP contribution < -0.4 is 0 Å². The molecule has 0 aromatic carbocycles. The largest absolute Gasteiger partial charge is 0.507 e. The van der Waals surface area contributed by atoms with Gasteiger partial charge in [0.05, 0.1) is 0 Å². The summed E-state index contributed by atoms with van der Waals surface area (Å²) in [5.74, 6) is 5.34. The standard InChI is InChI=1S/C9H14O3/c1-3-5-7-8(6-4-2)12-9(10)11/h8H,3,5,7H2,1-2H3,(H,10,11). The average Bonchev–Trinajstić information content (AvgIpc) is 2.00. The van der Waals surface area contributed by atoms with Crippen LogP contribution in [0, 0.1) is 11.8 Å². The molecule has 0 rings (SSSR count). The third kappa shape index (κ3) is 5.60. The van der Waals surface area contributed by atoms with Crippen LogP contribution in [-0.4, -0.2) is 17.4 Å². The first kappa shape index (κ1) is 10.8. The number of rotatable bonds is 4. The van der Waals surface area contributed by atoms with Crippen molar-refractivity contribution in [2.45, 2.75) is 39.2 Å². The highest BCUT2D eigenvalue weighted by atomic mass is 16.7. The number of unbranched alkanes of at least 4 members (excludes halogenated alkanes) is 1. The van der Waals surface area contributed by atoms with E-state index in [-0.39, 0.29) is 0 Å². The first-order valence-corrected chi connectivity index (χ1v) is 4.02. The molecule has 0 bridgehead atoms. The first-order chi connectivity index (χ1) is 5.70. The topological polar surface area (TPSA) is 46.5 Å². The Labute approximate surface area is 72.7 Å². The molecule has 1 unspecified atom stereocenters. The van der Waals surface area contributed by atoms with Crippen molar-refractivity contribution in [2.75, 3.05) is 0 Å². The minimum absolute atomic E-state index is 0.451. The maximum atomic E-state index is 10.2. The van der Waals surface area contributed by atoms with Crippen molar-refractivity contribution in [1.82, 2.24) is 0 Å². The van der Waals surface area contributed by atoms with E-state index in [1.807, 2.05) is 6.92 Å². The molecule has 0 radical (unpaired) electrons. The second kappa shape index (κ2) is 6.53. The van der Waals surface area contributed by atoms with Gasteiger partial charge < -0.3 is 9.84 Å². The molecular weight excluding hydrogens is 156 g/mol. The average molecular weight is 170 g/mol. The highest BCUT2D eigenvalue weighted by molar-refractivity contribution is 5.57. The summed E-state index contributed by atoms with van der Waals surface area (Å²) < 4.78 is 4.54. The fourth-order valence-electron chi connectivity index (χ4n) is 0.833. The third-order valence-electron chi connectivity index (χ3n) is 1.37. The monoisotopic (exact) mass is 170 g/mol. The van der Waals surface area contributed by atoms with Crippen LogP contribution in [0.15, 0.2) is 0 Å². The van der Waals surface area contributed by atoms with Crippen molar-refractivity contribution in [3.8, 4) is 11.8 Å². The SMILES string of the molecule is CC#CC(CCCC)OC(=O)O. The molecule has 0 amide bonds. The van der Waals surface area contributed by atoms with E-state index < -0.39 is 12.3 Å². The Morgan fingerprint density at radius 1 is 1.67 bits per heavy atom. The lowest BCUT2D eigenvalue weighted by atomic mass is 10.2. The van der Waals surface area contributed by atoms with Gasteiger partial charge in [-0.25, -0.2) is 4.79 Å². The van der Waals surface area contributed by atoms with Crippen LogP contribution in [0.1, 0.15) is 33.1 Å². The van der Waals surface area contributed by atoms with E-state index >= 15 is 0 Å². The smallest absolute Gasteiger partial charge is 0.450 e. The van der Waals surface area contributed by atoms with Crippen LogP contribution >= 0.6 is 0 Å². The number of ether oxygens (including phenoxy) is 1. The quantitative estimate of drug-likeness (QED) is 0.520. The zero-order valence-corrected chi connectivity index (χ0v) is 7.46. The lowest BCUT2D eigenvalue weighted by Crippen LogP contribution is -2.14. The van der Waals surface area contributed by atoms with E-state index in [1.165, 1.54) is 0 Å². The lowest BCUT2D eigenvalue weighted by Gasteiger charge is -2.07. The van der Waals surface area contributed by atoms with Gasteiger partial charge in [-0.05, 0) is 19.8 Å². The van der Waals surface area contributed by atoms with E-state index in [0.717, 1.165) is 12.8 Å². The second-order valence-corrected chi connectivity index (χ2v) is 2.41. The van der Waals surface area contributed by atoms with Gasteiger partial charge in [0, 0.05) is 0 Å². The van der Waals surface area contributed by atoms with Gasteiger partial charge in [0.25, 0.3) is 0 Å². The maximum Gasteiger partial charge on any atom is 0.507 e. The fraction of sp³-hybridized carbons (Fsp3) is 0.667. The zero-order valence-electron chi connectivity index (χ0n) is 7.46. The van der Waals surface area contributed by atoms with Crippen molar-refractivity contribution in [2.24, 2.45) is 0 Å². The van der Waals surface area contributed by atoms with E-state index in [4.69, 9.17) is 5.11 Å². The summed E-state index contributed by atoms with van der Waals surface area (Å²) in [7, 11) is 0. The normalized spacial score (nSPS) is 11.2. The molecule has 0 aliphatic carbocycles. The Morgan fingerprint density at radius 2 is 2.33 bits per heavy atom. The summed E-state index contributed by atoms with van der Waals surface area (Å²) in [6, 6.07) is 0. The Hall–Kier alpha value is -1.17. The molecule has 12 heavy (non-hydrogen) atoms. The molecule has 0 saturated heterocycles. The highest BCUT2D eigenvalue weighted by Crippen LogP contribution is 2.03. The van der Waals surface area contributed by atoms with Gasteiger partial charge >= 0.3 is 6.16 Å². The van der Waals surface area contributed by atoms with E-state index in [9.17, 15) is 4.79 Å².